The van der Waals surface area contributed by atoms with Gasteiger partial charge in [0.05, 0.1) is 0 Å². The lowest BCUT2D eigenvalue weighted by Gasteiger charge is -2.29. The van der Waals surface area contributed by atoms with Crippen LogP contribution < -0.4 is 10.6 Å². The van der Waals surface area contributed by atoms with Crippen molar-refractivity contribution < 1.29 is 0 Å². The molecule has 5 nitrogen and oxygen atoms in total. The molecule has 16 heavy (non-hydrogen) atoms. The van der Waals surface area contributed by atoms with Crippen LogP contribution in [0.4, 0.5) is 0 Å². The lowest BCUT2D eigenvalue weighted by molar-refractivity contribution is 0.576. The Morgan fingerprint density at radius 1 is 1.56 bits per heavy atom. The van der Waals surface area contributed by atoms with Gasteiger partial charge < -0.3 is 10.2 Å². The molecule has 1 aliphatic heterocycles. The molecular formula is C11H17N5. The molecule has 0 spiro atoms. The van der Waals surface area contributed by atoms with E-state index in [1.54, 1.807) is 7.05 Å². The van der Waals surface area contributed by atoms with E-state index in [9.17, 15) is 0 Å². The molecule has 86 valence electrons. The number of hydrogen-bond acceptors (Lipinski definition) is 3. The van der Waals surface area contributed by atoms with E-state index in [0.29, 0.717) is 0 Å². The molecule has 0 amide bonds. The predicted molar refractivity (Wildman–Crippen MR) is 66.1 cm³/mol. The van der Waals surface area contributed by atoms with Crippen molar-refractivity contribution in [2.45, 2.75) is 19.5 Å². The lowest BCUT2D eigenvalue weighted by Crippen LogP contribution is -2.54. The maximum absolute atomic E-state index is 4.49. The molecule has 1 heterocycles. The molecule has 1 atom stereocenters. The highest BCUT2D eigenvalue weighted by Gasteiger charge is 2.19. The Hall–Kier alpha value is -1.78. The summed E-state index contributed by atoms with van der Waals surface area (Å²) in [5, 5.41) is 6.28. The predicted octanol–water partition coefficient (Wildman–Crippen LogP) is 0.643. The third-order valence-electron chi connectivity index (χ3n) is 2.57. The molecule has 0 aromatic heterocycles. The summed E-state index contributed by atoms with van der Waals surface area (Å²) in [5.41, 5.74) is 1.16. The Morgan fingerprint density at radius 2 is 2.38 bits per heavy atom. The number of nitrogens with zero attached hydrogens (tertiary/aromatic N) is 3. The summed E-state index contributed by atoms with van der Waals surface area (Å²) in [6.07, 6.45) is 7.43. The zero-order chi connectivity index (χ0) is 11.5. The van der Waals surface area contributed by atoms with Gasteiger partial charge in [0.1, 0.15) is 6.17 Å². The first-order valence-corrected chi connectivity index (χ1v) is 5.39. The van der Waals surface area contributed by atoms with Crippen molar-refractivity contribution in [3.63, 3.8) is 0 Å². The molecule has 0 aromatic carbocycles. The van der Waals surface area contributed by atoms with Crippen LogP contribution in [0.5, 0.6) is 0 Å². The Labute approximate surface area is 95.6 Å². The summed E-state index contributed by atoms with van der Waals surface area (Å²) in [4.78, 5) is 10.6. The van der Waals surface area contributed by atoms with Crippen LogP contribution in [0.25, 0.3) is 0 Å². The van der Waals surface area contributed by atoms with Crippen LogP contribution in [0.1, 0.15) is 13.3 Å². The zero-order valence-corrected chi connectivity index (χ0v) is 9.86. The van der Waals surface area contributed by atoms with E-state index in [1.807, 2.05) is 18.9 Å². The molecule has 0 aromatic rings. The molecule has 0 radical (unpaired) electrons. The number of rotatable bonds is 1. The van der Waals surface area contributed by atoms with Crippen LogP contribution in [0.15, 0.2) is 33.9 Å². The Kier molecular flexibility index (Phi) is 2.94. The van der Waals surface area contributed by atoms with Gasteiger partial charge in [-0.1, -0.05) is 12.2 Å². The van der Waals surface area contributed by atoms with Gasteiger partial charge in [0.2, 0.25) is 5.96 Å². The van der Waals surface area contributed by atoms with Crippen molar-refractivity contribution >= 4 is 11.9 Å². The molecule has 2 N–H and O–H groups in total. The van der Waals surface area contributed by atoms with Crippen molar-refractivity contribution in [2.75, 3.05) is 14.1 Å². The molecule has 2 aliphatic rings. The normalized spacial score (nSPS) is 25.9. The first kappa shape index (κ1) is 10.7. The number of likely N-dealkylation sites (N-methyl/N-ethyl adjacent to an activating group) is 1. The molecule has 0 bridgehead atoms. The summed E-state index contributed by atoms with van der Waals surface area (Å²) in [7, 11) is 3.75. The molecule has 2 rings (SSSR count). The van der Waals surface area contributed by atoms with Crippen molar-refractivity contribution in [1.82, 2.24) is 15.5 Å². The second-order valence-electron chi connectivity index (χ2n) is 3.80. The van der Waals surface area contributed by atoms with Crippen LogP contribution in [0.2, 0.25) is 0 Å². The Bertz CT molecular complexity index is 391. The first-order chi connectivity index (χ1) is 7.70. The largest absolute Gasteiger partial charge is 0.334 e. The van der Waals surface area contributed by atoms with Gasteiger partial charge in [0, 0.05) is 19.8 Å². The topological polar surface area (TPSA) is 52.0 Å². The molecule has 1 aliphatic carbocycles. The monoisotopic (exact) mass is 219 g/mol. The van der Waals surface area contributed by atoms with E-state index in [1.165, 1.54) is 0 Å². The first-order valence-electron chi connectivity index (χ1n) is 5.39. The fraction of sp³-hybridized carbons (Fsp3) is 0.455. The number of guanidine groups is 2. The molecule has 0 saturated heterocycles. The van der Waals surface area contributed by atoms with Crippen LogP contribution in [-0.2, 0) is 0 Å². The highest BCUT2D eigenvalue weighted by atomic mass is 15.4. The Morgan fingerprint density at radius 3 is 3.00 bits per heavy atom. The molecule has 0 saturated carbocycles. The minimum atomic E-state index is 0.0448. The molecule has 0 fully saturated rings. The van der Waals surface area contributed by atoms with Crippen molar-refractivity contribution in [3.05, 3.63) is 23.9 Å². The van der Waals surface area contributed by atoms with E-state index in [-0.39, 0.29) is 6.17 Å². The lowest BCUT2D eigenvalue weighted by atomic mass is 10.4. The van der Waals surface area contributed by atoms with E-state index in [4.69, 9.17) is 0 Å². The van der Waals surface area contributed by atoms with E-state index in [2.05, 4.69) is 38.8 Å². The van der Waals surface area contributed by atoms with Gasteiger partial charge in [0.15, 0.2) is 5.96 Å². The highest BCUT2D eigenvalue weighted by molar-refractivity contribution is 6.01. The second-order valence-corrected chi connectivity index (χ2v) is 3.80. The third-order valence-corrected chi connectivity index (χ3v) is 2.57. The van der Waals surface area contributed by atoms with Crippen molar-refractivity contribution in [2.24, 2.45) is 9.98 Å². The van der Waals surface area contributed by atoms with Gasteiger partial charge in [0.25, 0.3) is 0 Å². The minimum absolute atomic E-state index is 0.0448. The highest BCUT2D eigenvalue weighted by Crippen LogP contribution is 2.13. The maximum atomic E-state index is 4.49. The van der Waals surface area contributed by atoms with Gasteiger partial charge in [-0.3, -0.25) is 10.3 Å². The molecular weight excluding hydrogens is 202 g/mol. The zero-order valence-electron chi connectivity index (χ0n) is 9.86. The summed E-state index contributed by atoms with van der Waals surface area (Å²) >= 11 is 0. The molecule has 5 heteroatoms. The SMILES string of the molecule is CN=C1NC(N(C)C2=CCC=C2)=NC(C)N1. The van der Waals surface area contributed by atoms with Crippen molar-refractivity contribution in [3.8, 4) is 0 Å². The van der Waals surface area contributed by atoms with Gasteiger partial charge >= 0.3 is 0 Å². The van der Waals surface area contributed by atoms with Crippen LogP contribution in [0.3, 0.4) is 0 Å². The summed E-state index contributed by atoms with van der Waals surface area (Å²) in [6.45, 7) is 2.00. The van der Waals surface area contributed by atoms with Crippen LogP contribution in [-0.4, -0.2) is 37.1 Å². The van der Waals surface area contributed by atoms with Crippen LogP contribution >= 0.6 is 0 Å². The van der Waals surface area contributed by atoms with Gasteiger partial charge in [-0.2, -0.15) is 0 Å². The average Bonchev–Trinajstić information content (AvgIpc) is 2.80. The number of nitrogens with one attached hydrogen (secondary N) is 2. The number of hydrogen-bond donors (Lipinski definition) is 2. The summed E-state index contributed by atoms with van der Waals surface area (Å²) in [5.74, 6) is 1.58. The fourth-order valence-corrected chi connectivity index (χ4v) is 1.70. The summed E-state index contributed by atoms with van der Waals surface area (Å²) in [6, 6.07) is 0. The third kappa shape index (κ3) is 2.08. The van der Waals surface area contributed by atoms with Gasteiger partial charge in [-0.15, -0.1) is 0 Å². The minimum Gasteiger partial charge on any atom is -0.334 e. The Balaban J connectivity index is 2.17. The van der Waals surface area contributed by atoms with E-state index in [0.717, 1.165) is 24.0 Å². The quantitative estimate of drug-likeness (QED) is 0.680. The average molecular weight is 219 g/mol. The van der Waals surface area contributed by atoms with Crippen molar-refractivity contribution in [1.29, 1.82) is 0 Å². The number of aliphatic imine (C=N–C) groups is 2. The van der Waals surface area contributed by atoms with E-state index < -0.39 is 0 Å². The fourth-order valence-electron chi connectivity index (χ4n) is 1.70. The van der Waals surface area contributed by atoms with Gasteiger partial charge in [-0.05, 0) is 19.4 Å². The summed E-state index contributed by atoms with van der Waals surface area (Å²) < 4.78 is 0. The van der Waals surface area contributed by atoms with Gasteiger partial charge in [-0.25, -0.2) is 4.99 Å². The standard InChI is InChI=1S/C11H17N5/c1-8-13-10(12-2)15-11(14-8)16(3)9-6-4-5-7-9/h4,6-8H,5H2,1-3H3,(H2,12,13,14,15). The smallest absolute Gasteiger partial charge is 0.207 e. The number of allylic oxidation sites excluding steroid dienone is 3. The maximum Gasteiger partial charge on any atom is 0.207 e. The molecule has 1 unspecified atom stereocenters. The second kappa shape index (κ2) is 4.38. The van der Waals surface area contributed by atoms with Crippen LogP contribution in [0, 0.1) is 0 Å². The van der Waals surface area contributed by atoms with E-state index >= 15 is 0 Å².